The van der Waals surface area contributed by atoms with E-state index < -0.39 is 10.0 Å². The molecule has 0 aromatic heterocycles. The molecule has 0 amide bonds. The van der Waals surface area contributed by atoms with Gasteiger partial charge in [-0.2, -0.15) is 0 Å². The van der Waals surface area contributed by atoms with Gasteiger partial charge in [-0.1, -0.05) is 30.3 Å². The van der Waals surface area contributed by atoms with Crippen LogP contribution in [0.4, 0.5) is 5.69 Å². The van der Waals surface area contributed by atoms with E-state index in [2.05, 4.69) is 22.8 Å². The van der Waals surface area contributed by atoms with Gasteiger partial charge in [0, 0.05) is 12.2 Å². The summed E-state index contributed by atoms with van der Waals surface area (Å²) in [5.74, 6) is 0. The molecule has 0 aliphatic heterocycles. The van der Waals surface area contributed by atoms with Crippen LogP contribution in [-0.2, 0) is 16.4 Å². The number of anilines is 1. The van der Waals surface area contributed by atoms with Crippen molar-refractivity contribution in [1.29, 1.82) is 0 Å². The predicted molar refractivity (Wildman–Crippen MR) is 102 cm³/mol. The number of primary sulfonamides is 1. The van der Waals surface area contributed by atoms with Gasteiger partial charge >= 0.3 is 0 Å². The zero-order valence-corrected chi connectivity index (χ0v) is 15.3. The van der Waals surface area contributed by atoms with Crippen molar-refractivity contribution in [3.05, 3.63) is 59.2 Å². The number of thiocarbonyl (C=S) groups is 1. The SMILES string of the molecule is Cc1cc(S(N)(=O)=O)cc(NC(=S)NCCc2ccccc2)c1C. The molecule has 0 radical (unpaired) electrons. The number of nitrogens with two attached hydrogens (primary N) is 1. The molecule has 0 aliphatic rings. The number of nitrogens with one attached hydrogen (secondary N) is 2. The lowest BCUT2D eigenvalue weighted by molar-refractivity contribution is 0.597. The molecule has 4 N–H and O–H groups in total. The number of aryl methyl sites for hydroxylation is 1. The summed E-state index contributed by atoms with van der Waals surface area (Å²) in [4.78, 5) is 0.0696. The Morgan fingerprint density at radius 3 is 2.46 bits per heavy atom. The molecule has 0 saturated heterocycles. The van der Waals surface area contributed by atoms with Gasteiger partial charge in [-0.3, -0.25) is 0 Å². The van der Waals surface area contributed by atoms with Gasteiger partial charge < -0.3 is 10.6 Å². The van der Waals surface area contributed by atoms with E-state index >= 15 is 0 Å². The van der Waals surface area contributed by atoms with Crippen molar-refractivity contribution in [2.75, 3.05) is 11.9 Å². The largest absolute Gasteiger partial charge is 0.362 e. The summed E-state index contributed by atoms with van der Waals surface area (Å²) in [7, 11) is -3.76. The molecule has 2 rings (SSSR count). The zero-order valence-electron chi connectivity index (χ0n) is 13.7. The van der Waals surface area contributed by atoms with E-state index in [9.17, 15) is 8.42 Å². The van der Waals surface area contributed by atoms with E-state index in [4.69, 9.17) is 17.4 Å². The van der Waals surface area contributed by atoms with Crippen LogP contribution in [0.1, 0.15) is 16.7 Å². The zero-order chi connectivity index (χ0) is 17.7. The van der Waals surface area contributed by atoms with Gasteiger partial charge in [-0.15, -0.1) is 0 Å². The number of rotatable bonds is 5. The molecule has 0 saturated carbocycles. The first-order chi connectivity index (χ1) is 11.3. The lowest BCUT2D eigenvalue weighted by Crippen LogP contribution is -2.30. The van der Waals surface area contributed by atoms with Gasteiger partial charge in [0.1, 0.15) is 0 Å². The quantitative estimate of drug-likeness (QED) is 0.711. The Labute approximate surface area is 148 Å². The Bertz CT molecular complexity index is 834. The van der Waals surface area contributed by atoms with E-state index in [-0.39, 0.29) is 4.90 Å². The summed E-state index contributed by atoms with van der Waals surface area (Å²) in [5, 5.41) is 11.8. The topological polar surface area (TPSA) is 84.2 Å². The molecule has 5 nitrogen and oxygen atoms in total. The monoisotopic (exact) mass is 363 g/mol. The highest BCUT2D eigenvalue weighted by Gasteiger charge is 2.13. The van der Waals surface area contributed by atoms with Crippen LogP contribution in [0.15, 0.2) is 47.4 Å². The lowest BCUT2D eigenvalue weighted by atomic mass is 10.1. The summed E-state index contributed by atoms with van der Waals surface area (Å²) < 4.78 is 23.1. The maximum absolute atomic E-state index is 11.6. The molecule has 0 fully saturated rings. The van der Waals surface area contributed by atoms with Crippen LogP contribution < -0.4 is 15.8 Å². The second kappa shape index (κ2) is 7.74. The number of hydrogen-bond acceptors (Lipinski definition) is 3. The summed E-state index contributed by atoms with van der Waals surface area (Å²) in [6, 6.07) is 13.1. The van der Waals surface area contributed by atoms with Crippen LogP contribution in [0, 0.1) is 13.8 Å². The highest BCUT2D eigenvalue weighted by molar-refractivity contribution is 7.89. The minimum absolute atomic E-state index is 0.0696. The maximum Gasteiger partial charge on any atom is 0.238 e. The molecule has 128 valence electrons. The average molecular weight is 364 g/mol. The smallest absolute Gasteiger partial charge is 0.238 e. The Kier molecular flexibility index (Phi) is 5.93. The Balaban J connectivity index is 2.02. The average Bonchev–Trinajstić information content (AvgIpc) is 2.51. The molecule has 0 aliphatic carbocycles. The first-order valence-electron chi connectivity index (χ1n) is 7.50. The van der Waals surface area contributed by atoms with Crippen molar-refractivity contribution < 1.29 is 8.42 Å². The molecule has 2 aromatic rings. The van der Waals surface area contributed by atoms with Gasteiger partial charge in [0.25, 0.3) is 0 Å². The van der Waals surface area contributed by atoms with Gasteiger partial charge in [-0.25, -0.2) is 13.6 Å². The number of sulfonamides is 1. The van der Waals surface area contributed by atoms with Gasteiger partial charge in [-0.05, 0) is 61.3 Å². The fourth-order valence-electron chi connectivity index (χ4n) is 2.25. The molecule has 0 spiro atoms. The highest BCUT2D eigenvalue weighted by atomic mass is 32.2. The number of hydrogen-bond donors (Lipinski definition) is 3. The van der Waals surface area contributed by atoms with E-state index in [0.717, 1.165) is 17.5 Å². The van der Waals surface area contributed by atoms with E-state index in [1.807, 2.05) is 32.0 Å². The molecule has 2 aromatic carbocycles. The first-order valence-corrected chi connectivity index (χ1v) is 9.45. The molecule has 0 heterocycles. The lowest BCUT2D eigenvalue weighted by Gasteiger charge is -2.15. The molecule has 24 heavy (non-hydrogen) atoms. The number of benzene rings is 2. The van der Waals surface area contributed by atoms with E-state index in [0.29, 0.717) is 17.3 Å². The molecular weight excluding hydrogens is 342 g/mol. The molecular formula is C17H21N3O2S2. The van der Waals surface area contributed by atoms with Gasteiger partial charge in [0.15, 0.2) is 5.11 Å². The third kappa shape index (κ3) is 5.02. The van der Waals surface area contributed by atoms with Crippen LogP contribution in [0.2, 0.25) is 0 Å². The Hall–Kier alpha value is -1.96. The minimum atomic E-state index is -3.76. The van der Waals surface area contributed by atoms with Crippen molar-refractivity contribution >= 4 is 33.0 Å². The third-order valence-corrected chi connectivity index (χ3v) is 4.90. The summed E-state index contributed by atoms with van der Waals surface area (Å²) in [5.41, 5.74) is 3.61. The second-order valence-corrected chi connectivity index (χ2v) is 7.54. The normalized spacial score (nSPS) is 11.1. The summed E-state index contributed by atoms with van der Waals surface area (Å²) >= 11 is 5.29. The van der Waals surface area contributed by atoms with Crippen LogP contribution in [0.3, 0.4) is 0 Å². The van der Waals surface area contributed by atoms with Crippen molar-refractivity contribution in [1.82, 2.24) is 5.32 Å². The van der Waals surface area contributed by atoms with Crippen LogP contribution >= 0.6 is 12.2 Å². The van der Waals surface area contributed by atoms with Crippen LogP contribution in [-0.4, -0.2) is 20.1 Å². The minimum Gasteiger partial charge on any atom is -0.362 e. The molecule has 7 heteroatoms. The first kappa shape index (κ1) is 18.4. The standard InChI is InChI=1S/C17H21N3O2S2/c1-12-10-15(24(18,21)22)11-16(13(12)2)20-17(23)19-9-8-14-6-4-3-5-7-14/h3-7,10-11H,8-9H2,1-2H3,(H2,18,21,22)(H2,19,20,23). The molecule has 0 bridgehead atoms. The van der Waals surface area contributed by atoms with E-state index in [1.165, 1.54) is 11.6 Å². The maximum atomic E-state index is 11.6. The predicted octanol–water partition coefficient (Wildman–Crippen LogP) is 2.48. The summed E-state index contributed by atoms with van der Waals surface area (Å²) in [6.45, 7) is 4.42. The van der Waals surface area contributed by atoms with Crippen molar-refractivity contribution in [3.8, 4) is 0 Å². The second-order valence-electron chi connectivity index (χ2n) is 5.57. The van der Waals surface area contributed by atoms with E-state index in [1.54, 1.807) is 6.07 Å². The van der Waals surface area contributed by atoms with Crippen LogP contribution in [0.5, 0.6) is 0 Å². The third-order valence-electron chi connectivity index (χ3n) is 3.76. The Morgan fingerprint density at radius 2 is 1.83 bits per heavy atom. The van der Waals surface area contributed by atoms with Crippen LogP contribution in [0.25, 0.3) is 0 Å². The van der Waals surface area contributed by atoms with Gasteiger partial charge in [0.2, 0.25) is 10.0 Å². The van der Waals surface area contributed by atoms with Crippen molar-refractivity contribution in [3.63, 3.8) is 0 Å². The molecule has 0 unspecified atom stereocenters. The van der Waals surface area contributed by atoms with Gasteiger partial charge in [0.05, 0.1) is 4.90 Å². The Morgan fingerprint density at radius 1 is 1.17 bits per heavy atom. The van der Waals surface area contributed by atoms with Crippen molar-refractivity contribution in [2.24, 2.45) is 5.14 Å². The summed E-state index contributed by atoms with van der Waals surface area (Å²) in [6.07, 6.45) is 0.845. The van der Waals surface area contributed by atoms with Crippen molar-refractivity contribution in [2.45, 2.75) is 25.2 Å². The fourth-order valence-corrected chi connectivity index (χ4v) is 3.09. The fraction of sp³-hybridized carbons (Fsp3) is 0.235. The highest BCUT2D eigenvalue weighted by Crippen LogP contribution is 2.23. The molecule has 0 atom stereocenters.